The van der Waals surface area contributed by atoms with Crippen molar-refractivity contribution in [2.24, 2.45) is 7.05 Å². The molecule has 0 saturated carbocycles. The Labute approximate surface area is 273 Å². The van der Waals surface area contributed by atoms with Crippen molar-refractivity contribution in [3.05, 3.63) is 57.0 Å². The minimum absolute atomic E-state index is 0.124. The number of nitrogens with zero attached hydrogens (tertiary/aromatic N) is 8. The number of furan rings is 1. The Bertz CT molecular complexity index is 2310. The number of rotatable bonds is 10. The SMILES string of the molecule is CCNC(=O)C1CCC(n2cnc3c(N)nc(NCCc4ccc5cc(-c6nc7c(c(=O)n(CC)c(=O)n7CC)n6C)oc5c4)nc32)O1. The number of aryl methyl sites for hydroxylation is 2. The molecule has 1 aromatic carbocycles. The lowest BCUT2D eigenvalue weighted by Crippen LogP contribution is -2.39. The first kappa shape index (κ1) is 31.1. The molecular weight excluding hydrogens is 618 g/mol. The Balaban J connectivity index is 1.09. The predicted octanol–water partition coefficient (Wildman–Crippen LogP) is 2.54. The number of imidazole rings is 2. The van der Waals surface area contributed by atoms with Crippen molar-refractivity contribution in [3.8, 4) is 11.6 Å². The molecule has 0 radical (unpaired) electrons. The molecule has 7 rings (SSSR count). The number of ether oxygens (including phenoxy) is 1. The summed E-state index contributed by atoms with van der Waals surface area (Å²) in [4.78, 5) is 56.4. The number of benzene rings is 1. The summed E-state index contributed by atoms with van der Waals surface area (Å²) in [5.74, 6) is 1.44. The Hall–Kier alpha value is -5.51. The van der Waals surface area contributed by atoms with Crippen molar-refractivity contribution < 1.29 is 13.9 Å². The van der Waals surface area contributed by atoms with Gasteiger partial charge in [-0.05, 0) is 57.7 Å². The molecule has 1 fully saturated rings. The number of fused-ring (bicyclic) bond motifs is 3. The second-order valence-corrected chi connectivity index (χ2v) is 11.7. The highest BCUT2D eigenvalue weighted by Gasteiger charge is 2.32. The van der Waals surface area contributed by atoms with Crippen molar-refractivity contribution in [1.29, 1.82) is 0 Å². The Morgan fingerprint density at radius 1 is 1.04 bits per heavy atom. The molecule has 0 spiro atoms. The number of nitrogens with one attached hydrogen (secondary N) is 2. The Morgan fingerprint density at radius 3 is 2.62 bits per heavy atom. The number of carbonyl (C=O) groups is 1. The monoisotopic (exact) mass is 655 g/mol. The van der Waals surface area contributed by atoms with E-state index in [9.17, 15) is 14.4 Å². The van der Waals surface area contributed by atoms with E-state index in [0.29, 0.717) is 84.3 Å². The summed E-state index contributed by atoms with van der Waals surface area (Å²) < 4.78 is 18.5. The third-order valence-electron chi connectivity index (χ3n) is 8.78. The third-order valence-corrected chi connectivity index (χ3v) is 8.78. The summed E-state index contributed by atoms with van der Waals surface area (Å²) in [6.45, 7) is 7.20. The molecule has 6 aromatic rings. The highest BCUT2D eigenvalue weighted by Crippen LogP contribution is 2.32. The van der Waals surface area contributed by atoms with Crippen LogP contribution in [0.4, 0.5) is 11.8 Å². The van der Waals surface area contributed by atoms with E-state index >= 15 is 0 Å². The zero-order valence-electron chi connectivity index (χ0n) is 27.2. The summed E-state index contributed by atoms with van der Waals surface area (Å²) in [6.07, 6.45) is 2.60. The number of nitrogens with two attached hydrogens (primary N) is 1. The van der Waals surface area contributed by atoms with E-state index in [0.717, 1.165) is 10.9 Å². The van der Waals surface area contributed by atoms with Crippen LogP contribution in [0.25, 0.3) is 44.9 Å². The Kier molecular flexibility index (Phi) is 7.94. The van der Waals surface area contributed by atoms with E-state index in [1.165, 1.54) is 9.13 Å². The highest BCUT2D eigenvalue weighted by atomic mass is 16.5. The normalized spacial score (nSPS) is 16.4. The standard InChI is InChI=1S/C32H37N11O5/c1-5-34-29(44)19-10-11-22(48-19)43-16-36-23-25(33)37-31(39-27(23)43)35-13-12-17-8-9-18-15-21(47-20(18)14-17)26-38-28-24(40(26)4)30(45)42(7-3)32(46)41(28)6-2/h8-9,14-16,19,22H,5-7,10-13H2,1-4H3,(H,34,44)(H3,33,35,37,39). The largest absolute Gasteiger partial charge is 0.453 e. The van der Waals surface area contributed by atoms with Gasteiger partial charge in [0.2, 0.25) is 11.9 Å². The molecule has 250 valence electrons. The predicted molar refractivity (Wildman–Crippen MR) is 180 cm³/mol. The van der Waals surface area contributed by atoms with E-state index in [1.807, 2.05) is 38.1 Å². The van der Waals surface area contributed by atoms with Crippen LogP contribution in [-0.4, -0.2) is 63.3 Å². The van der Waals surface area contributed by atoms with Gasteiger partial charge in [-0.3, -0.25) is 23.3 Å². The molecule has 6 heterocycles. The van der Waals surface area contributed by atoms with E-state index in [2.05, 4.69) is 30.6 Å². The van der Waals surface area contributed by atoms with E-state index in [4.69, 9.17) is 14.9 Å². The molecule has 0 aliphatic carbocycles. The number of hydrogen-bond acceptors (Lipinski definition) is 11. The first-order chi connectivity index (χ1) is 23.2. The average Bonchev–Trinajstić information content (AvgIpc) is 3.86. The summed E-state index contributed by atoms with van der Waals surface area (Å²) >= 11 is 0. The number of hydrogen-bond donors (Lipinski definition) is 3. The summed E-state index contributed by atoms with van der Waals surface area (Å²) in [5, 5.41) is 6.94. The topological polar surface area (TPSA) is 195 Å². The summed E-state index contributed by atoms with van der Waals surface area (Å²) in [7, 11) is 1.75. The van der Waals surface area contributed by atoms with Crippen LogP contribution in [0.15, 0.2) is 44.6 Å². The van der Waals surface area contributed by atoms with Gasteiger partial charge in [0.25, 0.3) is 5.56 Å². The molecule has 16 nitrogen and oxygen atoms in total. The van der Waals surface area contributed by atoms with Crippen LogP contribution < -0.4 is 27.6 Å². The van der Waals surface area contributed by atoms with Gasteiger partial charge in [0, 0.05) is 38.6 Å². The number of anilines is 2. The molecule has 1 saturated heterocycles. The van der Waals surface area contributed by atoms with Gasteiger partial charge >= 0.3 is 5.69 Å². The van der Waals surface area contributed by atoms with Crippen LogP contribution in [0.5, 0.6) is 0 Å². The Morgan fingerprint density at radius 2 is 1.85 bits per heavy atom. The molecule has 4 N–H and O–H groups in total. The van der Waals surface area contributed by atoms with Crippen molar-refractivity contribution >= 4 is 51.0 Å². The van der Waals surface area contributed by atoms with E-state index in [1.54, 1.807) is 29.4 Å². The van der Waals surface area contributed by atoms with E-state index < -0.39 is 6.10 Å². The minimum Gasteiger partial charge on any atom is -0.453 e. The minimum atomic E-state index is -0.520. The van der Waals surface area contributed by atoms with Gasteiger partial charge in [-0.2, -0.15) is 9.97 Å². The van der Waals surface area contributed by atoms with E-state index in [-0.39, 0.29) is 35.7 Å². The fourth-order valence-electron chi connectivity index (χ4n) is 6.34. The summed E-state index contributed by atoms with van der Waals surface area (Å²) in [6, 6.07) is 7.84. The molecule has 16 heteroatoms. The molecule has 2 unspecified atom stereocenters. The van der Waals surface area contributed by atoms with Gasteiger partial charge < -0.3 is 30.1 Å². The number of aromatic nitrogens is 8. The highest BCUT2D eigenvalue weighted by molar-refractivity contribution is 5.85. The van der Waals surface area contributed by atoms with Crippen molar-refractivity contribution in [1.82, 2.24) is 43.5 Å². The second kappa shape index (κ2) is 12.3. The third kappa shape index (κ3) is 5.17. The molecule has 0 bridgehead atoms. The van der Waals surface area contributed by atoms with Gasteiger partial charge in [0.15, 0.2) is 34.2 Å². The fraction of sp³-hybridized carbons (Fsp3) is 0.406. The zero-order chi connectivity index (χ0) is 33.7. The van der Waals surface area contributed by atoms with Gasteiger partial charge in [-0.15, -0.1) is 0 Å². The molecule has 48 heavy (non-hydrogen) atoms. The smallest absolute Gasteiger partial charge is 0.332 e. The van der Waals surface area contributed by atoms with Crippen LogP contribution in [0.1, 0.15) is 45.4 Å². The molecule has 2 atom stereocenters. The molecule has 1 aliphatic heterocycles. The lowest BCUT2D eigenvalue weighted by molar-refractivity contribution is -0.133. The fourth-order valence-corrected chi connectivity index (χ4v) is 6.34. The van der Waals surface area contributed by atoms with Crippen LogP contribution in [0.3, 0.4) is 0 Å². The van der Waals surface area contributed by atoms with Crippen molar-refractivity contribution in [2.75, 3.05) is 24.1 Å². The molecule has 1 amide bonds. The van der Waals surface area contributed by atoms with Gasteiger partial charge in [0.1, 0.15) is 23.4 Å². The average molecular weight is 656 g/mol. The van der Waals surface area contributed by atoms with Crippen LogP contribution >= 0.6 is 0 Å². The second-order valence-electron chi connectivity index (χ2n) is 11.7. The number of carbonyl (C=O) groups excluding carboxylic acids is 1. The first-order valence-electron chi connectivity index (χ1n) is 16.1. The lowest BCUT2D eigenvalue weighted by atomic mass is 10.1. The maximum absolute atomic E-state index is 13.1. The van der Waals surface area contributed by atoms with Crippen LogP contribution in [0.2, 0.25) is 0 Å². The van der Waals surface area contributed by atoms with Crippen molar-refractivity contribution in [2.45, 2.75) is 65.5 Å². The molecular formula is C32H37N11O5. The quantitative estimate of drug-likeness (QED) is 0.196. The number of likely N-dealkylation sites (N-methyl/N-ethyl adjacent to an activating group) is 1. The zero-order valence-corrected chi connectivity index (χ0v) is 27.2. The first-order valence-corrected chi connectivity index (χ1v) is 16.1. The molecule has 1 aliphatic rings. The van der Waals surface area contributed by atoms with Crippen LogP contribution in [0, 0.1) is 0 Å². The summed E-state index contributed by atoms with van der Waals surface area (Å²) in [5.41, 5.74) is 8.86. The van der Waals surface area contributed by atoms with Gasteiger partial charge in [-0.25, -0.2) is 14.8 Å². The lowest BCUT2D eigenvalue weighted by Gasteiger charge is -2.15. The van der Waals surface area contributed by atoms with Crippen LogP contribution in [-0.2, 0) is 36.1 Å². The molecule has 5 aromatic heterocycles. The van der Waals surface area contributed by atoms with Gasteiger partial charge in [-0.1, -0.05) is 12.1 Å². The van der Waals surface area contributed by atoms with Gasteiger partial charge in [0.05, 0.1) is 6.33 Å². The number of nitrogen functional groups attached to an aromatic ring is 1. The maximum atomic E-state index is 13.1. The number of amides is 1. The maximum Gasteiger partial charge on any atom is 0.332 e. The van der Waals surface area contributed by atoms with Crippen molar-refractivity contribution in [3.63, 3.8) is 0 Å².